The summed E-state index contributed by atoms with van der Waals surface area (Å²) in [4.78, 5) is 33.8. The summed E-state index contributed by atoms with van der Waals surface area (Å²) in [5.41, 5.74) is 11.1. The molecule has 1 aromatic carbocycles. The van der Waals surface area contributed by atoms with E-state index in [0.29, 0.717) is 5.56 Å². The van der Waals surface area contributed by atoms with Crippen molar-refractivity contribution in [3.63, 3.8) is 0 Å². The molecule has 0 heterocycles. The zero-order valence-electron chi connectivity index (χ0n) is 10.3. The summed E-state index contributed by atoms with van der Waals surface area (Å²) >= 11 is 0. The van der Waals surface area contributed by atoms with Crippen LogP contribution in [0.4, 0.5) is 0 Å². The van der Waals surface area contributed by atoms with Crippen molar-refractivity contribution in [2.75, 3.05) is 0 Å². The van der Waals surface area contributed by atoms with Gasteiger partial charge in [-0.1, -0.05) is 30.3 Å². The average Bonchev–Trinajstić information content (AvgIpc) is 2.36. The van der Waals surface area contributed by atoms with E-state index in [1.165, 1.54) is 0 Å². The Balaban J connectivity index is 2.74. The van der Waals surface area contributed by atoms with Crippen molar-refractivity contribution in [1.29, 1.82) is 0 Å². The average molecular weight is 264 g/mol. The lowest BCUT2D eigenvalue weighted by Crippen LogP contribution is -2.41. The maximum atomic E-state index is 11.9. The summed E-state index contributed by atoms with van der Waals surface area (Å²) in [6.45, 7) is 0. The molecule has 0 bridgehead atoms. The first-order valence-electron chi connectivity index (χ1n) is 5.76. The molecule has 6 heteroatoms. The lowest BCUT2D eigenvalue weighted by Gasteiger charge is -2.14. The van der Waals surface area contributed by atoms with E-state index in [4.69, 9.17) is 16.6 Å². The van der Waals surface area contributed by atoms with Crippen LogP contribution < -0.4 is 11.5 Å². The normalized spacial score (nSPS) is 13.5. The summed E-state index contributed by atoms with van der Waals surface area (Å²) in [7, 11) is 0. The fourth-order valence-corrected chi connectivity index (χ4v) is 1.66. The molecule has 2 atom stereocenters. The molecule has 0 aliphatic carbocycles. The SMILES string of the molecule is NC(=O)[C@@H](N)CC(C(=O)O)C(=O)Cc1ccccc1. The lowest BCUT2D eigenvalue weighted by atomic mass is 9.92. The fourth-order valence-electron chi connectivity index (χ4n) is 1.66. The minimum atomic E-state index is -1.32. The lowest BCUT2D eigenvalue weighted by molar-refractivity contribution is -0.146. The molecule has 6 nitrogen and oxygen atoms in total. The number of hydrogen-bond acceptors (Lipinski definition) is 4. The van der Waals surface area contributed by atoms with E-state index in [2.05, 4.69) is 0 Å². The minimum absolute atomic E-state index is 0.0106. The van der Waals surface area contributed by atoms with Crippen molar-refractivity contribution >= 4 is 17.7 Å². The highest BCUT2D eigenvalue weighted by Crippen LogP contribution is 2.12. The Morgan fingerprint density at radius 2 is 1.74 bits per heavy atom. The van der Waals surface area contributed by atoms with Crippen molar-refractivity contribution in [2.45, 2.75) is 18.9 Å². The molecule has 0 saturated heterocycles. The van der Waals surface area contributed by atoms with E-state index in [9.17, 15) is 14.4 Å². The number of nitrogens with two attached hydrogens (primary N) is 2. The Morgan fingerprint density at radius 1 is 1.16 bits per heavy atom. The Hall–Kier alpha value is -2.21. The topological polar surface area (TPSA) is 123 Å². The van der Waals surface area contributed by atoms with Crippen LogP contribution in [0.3, 0.4) is 0 Å². The number of Topliss-reactive ketones (excluding diaryl/α,β-unsaturated/α-hetero) is 1. The number of carbonyl (C=O) groups is 3. The molecule has 1 amide bonds. The van der Waals surface area contributed by atoms with Gasteiger partial charge in [-0.3, -0.25) is 14.4 Å². The third-order valence-corrected chi connectivity index (χ3v) is 2.76. The summed E-state index contributed by atoms with van der Waals surface area (Å²) in [5, 5.41) is 9.02. The summed E-state index contributed by atoms with van der Waals surface area (Å²) < 4.78 is 0. The number of carbonyl (C=O) groups excluding carboxylic acids is 2. The van der Waals surface area contributed by atoms with Gasteiger partial charge in [-0.2, -0.15) is 0 Å². The van der Waals surface area contributed by atoms with Crippen LogP contribution in [0.25, 0.3) is 0 Å². The van der Waals surface area contributed by atoms with Crippen molar-refractivity contribution in [3.05, 3.63) is 35.9 Å². The molecule has 0 radical (unpaired) electrons. The van der Waals surface area contributed by atoms with Crippen LogP contribution in [-0.2, 0) is 20.8 Å². The third kappa shape index (κ3) is 4.51. The second kappa shape index (κ2) is 6.65. The number of carboxylic acids is 1. The van der Waals surface area contributed by atoms with Gasteiger partial charge in [0.2, 0.25) is 5.91 Å². The molecule has 0 saturated carbocycles. The standard InChI is InChI=1S/C13H16N2O4/c14-10(12(15)17)7-9(13(18)19)11(16)6-8-4-2-1-3-5-8/h1-5,9-10H,6-7,14H2,(H2,15,17)(H,18,19)/t9?,10-/m0/s1. The molecule has 0 spiro atoms. The maximum Gasteiger partial charge on any atom is 0.314 e. The van der Waals surface area contributed by atoms with Gasteiger partial charge in [-0.15, -0.1) is 0 Å². The minimum Gasteiger partial charge on any atom is -0.481 e. The monoisotopic (exact) mass is 264 g/mol. The Morgan fingerprint density at radius 3 is 2.21 bits per heavy atom. The second-order valence-electron chi connectivity index (χ2n) is 4.26. The molecule has 0 aromatic heterocycles. The Labute approximate surface area is 110 Å². The molecule has 0 fully saturated rings. The van der Waals surface area contributed by atoms with E-state index in [1.807, 2.05) is 0 Å². The number of rotatable bonds is 7. The van der Waals surface area contributed by atoms with Gasteiger partial charge in [-0.25, -0.2) is 0 Å². The molecule has 102 valence electrons. The number of hydrogen-bond donors (Lipinski definition) is 3. The highest BCUT2D eigenvalue weighted by Gasteiger charge is 2.29. The van der Waals surface area contributed by atoms with Gasteiger partial charge in [0.05, 0.1) is 6.04 Å². The maximum absolute atomic E-state index is 11.9. The largest absolute Gasteiger partial charge is 0.481 e. The molecular weight excluding hydrogens is 248 g/mol. The van der Waals surface area contributed by atoms with Crippen LogP contribution >= 0.6 is 0 Å². The van der Waals surface area contributed by atoms with Crippen LogP contribution in [0.1, 0.15) is 12.0 Å². The predicted octanol–water partition coefficient (Wildman–Crippen LogP) is -0.298. The zero-order valence-corrected chi connectivity index (χ0v) is 10.3. The number of amides is 1. The van der Waals surface area contributed by atoms with Gasteiger partial charge in [-0.05, 0) is 12.0 Å². The zero-order chi connectivity index (χ0) is 14.4. The molecule has 0 aliphatic rings. The highest BCUT2D eigenvalue weighted by atomic mass is 16.4. The van der Waals surface area contributed by atoms with E-state index in [0.717, 1.165) is 0 Å². The van der Waals surface area contributed by atoms with Crippen molar-refractivity contribution in [1.82, 2.24) is 0 Å². The van der Waals surface area contributed by atoms with Gasteiger partial charge in [0.1, 0.15) is 5.92 Å². The Bertz CT molecular complexity index is 473. The summed E-state index contributed by atoms with van der Waals surface area (Å²) in [5.74, 6) is -3.92. The van der Waals surface area contributed by atoms with E-state index in [-0.39, 0.29) is 12.8 Å². The Kier molecular flexibility index (Phi) is 5.20. The smallest absolute Gasteiger partial charge is 0.314 e. The van der Waals surface area contributed by atoms with E-state index in [1.54, 1.807) is 30.3 Å². The third-order valence-electron chi connectivity index (χ3n) is 2.76. The van der Waals surface area contributed by atoms with Crippen LogP contribution in [0.2, 0.25) is 0 Å². The number of ketones is 1. The predicted molar refractivity (Wildman–Crippen MR) is 68.1 cm³/mol. The van der Waals surface area contributed by atoms with Gasteiger partial charge in [0.15, 0.2) is 5.78 Å². The molecule has 1 aromatic rings. The summed E-state index contributed by atoms with van der Waals surface area (Å²) in [6.07, 6.45) is -0.292. The van der Waals surface area contributed by atoms with Crippen LogP contribution in [0, 0.1) is 5.92 Å². The van der Waals surface area contributed by atoms with Crippen molar-refractivity contribution in [3.8, 4) is 0 Å². The number of aliphatic carboxylic acids is 1. The van der Waals surface area contributed by atoms with Crippen molar-refractivity contribution < 1.29 is 19.5 Å². The molecule has 1 unspecified atom stereocenters. The van der Waals surface area contributed by atoms with Gasteiger partial charge >= 0.3 is 5.97 Å². The number of primary amides is 1. The quantitative estimate of drug-likeness (QED) is 0.583. The number of carboxylic acid groups (broad SMARTS) is 1. The first-order chi connectivity index (χ1) is 8.91. The second-order valence-corrected chi connectivity index (χ2v) is 4.26. The number of benzene rings is 1. The van der Waals surface area contributed by atoms with Crippen LogP contribution in [0.15, 0.2) is 30.3 Å². The first kappa shape index (κ1) is 14.8. The molecule has 5 N–H and O–H groups in total. The van der Waals surface area contributed by atoms with Gasteiger partial charge in [0, 0.05) is 6.42 Å². The molecular formula is C13H16N2O4. The van der Waals surface area contributed by atoms with Gasteiger partial charge < -0.3 is 16.6 Å². The molecule has 1 rings (SSSR count). The van der Waals surface area contributed by atoms with Crippen LogP contribution in [-0.4, -0.2) is 28.8 Å². The fraction of sp³-hybridized carbons (Fsp3) is 0.308. The van der Waals surface area contributed by atoms with E-state index < -0.39 is 29.6 Å². The first-order valence-corrected chi connectivity index (χ1v) is 5.76. The van der Waals surface area contributed by atoms with Crippen LogP contribution in [0.5, 0.6) is 0 Å². The van der Waals surface area contributed by atoms with E-state index >= 15 is 0 Å². The highest BCUT2D eigenvalue weighted by molar-refractivity contribution is 5.99. The molecule has 0 aliphatic heterocycles. The molecule has 19 heavy (non-hydrogen) atoms. The van der Waals surface area contributed by atoms with Crippen molar-refractivity contribution in [2.24, 2.45) is 17.4 Å². The summed E-state index contributed by atoms with van der Waals surface area (Å²) in [6, 6.07) is 7.63. The van der Waals surface area contributed by atoms with Gasteiger partial charge in [0.25, 0.3) is 0 Å².